The van der Waals surface area contributed by atoms with E-state index in [4.69, 9.17) is 9.72 Å². The summed E-state index contributed by atoms with van der Waals surface area (Å²) in [5.41, 5.74) is 2.40. The molecule has 1 aromatic carbocycles. The molecule has 1 saturated heterocycles. The highest BCUT2D eigenvalue weighted by Crippen LogP contribution is 2.20. The molecule has 2 amide bonds. The number of rotatable bonds is 14. The van der Waals surface area contributed by atoms with Crippen LogP contribution in [0.15, 0.2) is 42.5 Å². The third-order valence-corrected chi connectivity index (χ3v) is 7.44. The first-order valence-electron chi connectivity index (χ1n) is 13.9. The van der Waals surface area contributed by atoms with Crippen LogP contribution in [0.4, 0.5) is 10.6 Å². The maximum Gasteiger partial charge on any atom is 0.326 e. The van der Waals surface area contributed by atoms with E-state index in [1.54, 1.807) is 4.90 Å². The summed E-state index contributed by atoms with van der Waals surface area (Å²) in [6.07, 6.45) is 6.41. The van der Waals surface area contributed by atoms with Gasteiger partial charge in [0.1, 0.15) is 24.2 Å². The van der Waals surface area contributed by atoms with E-state index in [9.17, 15) is 14.7 Å². The van der Waals surface area contributed by atoms with Crippen molar-refractivity contribution < 1.29 is 19.4 Å². The maximum absolute atomic E-state index is 12.5. The van der Waals surface area contributed by atoms with Gasteiger partial charge in [-0.15, -0.1) is 0 Å². The summed E-state index contributed by atoms with van der Waals surface area (Å²) in [7, 11) is 0. The second kappa shape index (κ2) is 14.0. The first-order chi connectivity index (χ1) is 18.5. The molecule has 3 N–H and O–H groups in total. The number of pyridine rings is 1. The number of fused-ring (bicyclic) bond motifs is 1. The molecule has 0 aliphatic carbocycles. The van der Waals surface area contributed by atoms with Crippen molar-refractivity contribution in [1.29, 1.82) is 0 Å². The minimum atomic E-state index is -1.00. The van der Waals surface area contributed by atoms with E-state index in [-0.39, 0.29) is 12.1 Å². The van der Waals surface area contributed by atoms with Gasteiger partial charge in [0.05, 0.1) is 0 Å². The number of benzene rings is 1. The van der Waals surface area contributed by atoms with Gasteiger partial charge in [0.25, 0.3) is 0 Å². The lowest BCUT2D eigenvalue weighted by Crippen LogP contribution is -2.57. The third kappa shape index (κ3) is 8.08. The van der Waals surface area contributed by atoms with Crippen molar-refractivity contribution >= 4 is 17.8 Å². The van der Waals surface area contributed by atoms with Gasteiger partial charge in [0, 0.05) is 37.9 Å². The Balaban J connectivity index is 1.27. The van der Waals surface area contributed by atoms with Crippen LogP contribution < -0.4 is 15.4 Å². The SMILES string of the molecule is CC1CCN1C(=O)N[C@@H](CCN(CCCCc1ccc2c(n1)NCCC2)CCOc1ccccc1)C(=O)O. The third-order valence-electron chi connectivity index (χ3n) is 7.44. The highest BCUT2D eigenvalue weighted by atomic mass is 16.5. The number of anilines is 1. The number of aryl methyl sites for hydroxylation is 2. The van der Waals surface area contributed by atoms with Gasteiger partial charge in [0.2, 0.25) is 0 Å². The highest BCUT2D eigenvalue weighted by Gasteiger charge is 2.31. The Labute approximate surface area is 225 Å². The number of nitrogens with one attached hydrogen (secondary N) is 2. The summed E-state index contributed by atoms with van der Waals surface area (Å²) >= 11 is 0. The van der Waals surface area contributed by atoms with Crippen molar-refractivity contribution in [2.24, 2.45) is 0 Å². The number of hydrogen-bond donors (Lipinski definition) is 3. The van der Waals surface area contributed by atoms with E-state index in [2.05, 4.69) is 27.7 Å². The molecule has 1 fully saturated rings. The zero-order chi connectivity index (χ0) is 26.7. The minimum absolute atomic E-state index is 0.163. The number of carbonyl (C=O) groups is 2. The highest BCUT2D eigenvalue weighted by molar-refractivity contribution is 5.83. The molecular weight excluding hydrogens is 482 g/mol. The second-order valence-electron chi connectivity index (χ2n) is 10.3. The molecule has 3 heterocycles. The Bertz CT molecular complexity index is 1050. The van der Waals surface area contributed by atoms with Gasteiger partial charge in [-0.2, -0.15) is 0 Å². The van der Waals surface area contributed by atoms with E-state index in [0.29, 0.717) is 32.7 Å². The molecular formula is C29H41N5O4. The molecule has 1 unspecified atom stereocenters. The summed E-state index contributed by atoms with van der Waals surface area (Å²) in [6, 6.07) is 13.0. The van der Waals surface area contributed by atoms with Gasteiger partial charge >= 0.3 is 12.0 Å². The largest absolute Gasteiger partial charge is 0.492 e. The average molecular weight is 524 g/mol. The molecule has 1 aromatic heterocycles. The van der Waals surface area contributed by atoms with Crippen LogP contribution in [-0.4, -0.2) is 83.3 Å². The molecule has 206 valence electrons. The van der Waals surface area contributed by atoms with Crippen molar-refractivity contribution in [3.05, 3.63) is 53.7 Å². The molecule has 38 heavy (non-hydrogen) atoms. The van der Waals surface area contributed by atoms with Crippen LogP contribution in [-0.2, 0) is 17.6 Å². The minimum Gasteiger partial charge on any atom is -0.492 e. The summed E-state index contributed by atoms with van der Waals surface area (Å²) in [6.45, 7) is 6.22. The van der Waals surface area contributed by atoms with Crippen molar-refractivity contribution in [2.45, 2.75) is 64.0 Å². The number of hydrogen-bond acceptors (Lipinski definition) is 6. The summed E-state index contributed by atoms with van der Waals surface area (Å²) in [5, 5.41) is 15.8. The fraction of sp³-hybridized carbons (Fsp3) is 0.552. The van der Waals surface area contributed by atoms with Gasteiger partial charge in [-0.25, -0.2) is 14.6 Å². The van der Waals surface area contributed by atoms with E-state index < -0.39 is 12.0 Å². The molecule has 4 rings (SSSR count). The number of carboxylic acids is 1. The lowest BCUT2D eigenvalue weighted by Gasteiger charge is -2.39. The normalized spacial score (nSPS) is 17.2. The van der Waals surface area contributed by atoms with Crippen LogP contribution in [0.1, 0.15) is 50.3 Å². The molecule has 2 atom stereocenters. The number of amides is 2. The van der Waals surface area contributed by atoms with Crippen molar-refractivity contribution in [2.75, 3.05) is 44.6 Å². The molecule has 9 nitrogen and oxygen atoms in total. The monoisotopic (exact) mass is 523 g/mol. The van der Waals surface area contributed by atoms with Crippen molar-refractivity contribution in [3.8, 4) is 5.75 Å². The number of unbranched alkanes of at least 4 members (excludes halogenated alkanes) is 1. The number of para-hydroxylation sites is 1. The Morgan fingerprint density at radius 2 is 2.03 bits per heavy atom. The summed E-state index contributed by atoms with van der Waals surface area (Å²) in [5.74, 6) is 0.848. The Morgan fingerprint density at radius 3 is 2.76 bits per heavy atom. The number of aromatic nitrogens is 1. The Hall–Kier alpha value is -3.33. The molecule has 9 heteroatoms. The fourth-order valence-corrected chi connectivity index (χ4v) is 4.91. The lowest BCUT2D eigenvalue weighted by molar-refractivity contribution is -0.139. The molecule has 0 saturated carbocycles. The first kappa shape index (κ1) is 27.7. The number of carboxylic acid groups (broad SMARTS) is 1. The number of aliphatic carboxylic acids is 1. The molecule has 0 bridgehead atoms. The number of nitrogens with zero attached hydrogens (tertiary/aromatic N) is 3. The smallest absolute Gasteiger partial charge is 0.326 e. The number of likely N-dealkylation sites (tertiary alicyclic amines) is 1. The molecule has 2 aliphatic heterocycles. The number of carbonyl (C=O) groups excluding carboxylic acids is 1. The van der Waals surface area contributed by atoms with Gasteiger partial charge < -0.3 is 25.4 Å². The van der Waals surface area contributed by atoms with E-state index in [0.717, 1.165) is 68.9 Å². The van der Waals surface area contributed by atoms with E-state index in [1.807, 2.05) is 37.3 Å². The summed E-state index contributed by atoms with van der Waals surface area (Å²) < 4.78 is 5.90. The van der Waals surface area contributed by atoms with E-state index in [1.165, 1.54) is 5.56 Å². The number of urea groups is 1. The topological polar surface area (TPSA) is 107 Å². The van der Waals surface area contributed by atoms with Gasteiger partial charge in [-0.05, 0) is 82.2 Å². The quantitative estimate of drug-likeness (QED) is 0.324. The fourth-order valence-electron chi connectivity index (χ4n) is 4.91. The standard InChI is InChI=1S/C29H41N5O4/c1-22-14-19-34(22)29(37)32-26(28(35)36)15-18-33(20-21-38-25-10-3-2-4-11-25)17-6-5-9-24-13-12-23-8-7-16-30-27(23)31-24/h2-4,10-13,22,26H,5-9,14-21H2,1H3,(H,30,31)(H,32,37)(H,35,36)/t22?,26-/m0/s1. The van der Waals surface area contributed by atoms with Crippen LogP contribution in [0, 0.1) is 0 Å². The van der Waals surface area contributed by atoms with Crippen LogP contribution in [0.2, 0.25) is 0 Å². The first-order valence-corrected chi connectivity index (χ1v) is 13.9. The molecule has 0 radical (unpaired) electrons. The molecule has 2 aromatic rings. The number of ether oxygens (including phenoxy) is 1. The van der Waals surface area contributed by atoms with Crippen LogP contribution in [0.25, 0.3) is 0 Å². The van der Waals surface area contributed by atoms with Crippen LogP contribution in [0.5, 0.6) is 5.75 Å². The van der Waals surface area contributed by atoms with Crippen LogP contribution >= 0.6 is 0 Å². The van der Waals surface area contributed by atoms with Crippen LogP contribution in [0.3, 0.4) is 0 Å². The average Bonchev–Trinajstić information content (AvgIpc) is 2.92. The van der Waals surface area contributed by atoms with Crippen molar-refractivity contribution in [1.82, 2.24) is 20.1 Å². The predicted molar refractivity (Wildman–Crippen MR) is 148 cm³/mol. The van der Waals surface area contributed by atoms with Gasteiger partial charge in [0.15, 0.2) is 0 Å². The Kier molecular flexibility index (Phi) is 10.2. The molecule has 2 aliphatic rings. The lowest BCUT2D eigenvalue weighted by atomic mass is 10.1. The maximum atomic E-state index is 12.5. The second-order valence-corrected chi connectivity index (χ2v) is 10.3. The molecule has 0 spiro atoms. The van der Waals surface area contributed by atoms with E-state index >= 15 is 0 Å². The van der Waals surface area contributed by atoms with Gasteiger partial charge in [-0.1, -0.05) is 24.3 Å². The summed E-state index contributed by atoms with van der Waals surface area (Å²) in [4.78, 5) is 33.1. The Morgan fingerprint density at radius 1 is 1.18 bits per heavy atom. The van der Waals surface area contributed by atoms with Crippen molar-refractivity contribution in [3.63, 3.8) is 0 Å². The zero-order valence-electron chi connectivity index (χ0n) is 22.4. The predicted octanol–water partition coefficient (Wildman–Crippen LogP) is 3.79. The zero-order valence-corrected chi connectivity index (χ0v) is 22.4. The van der Waals surface area contributed by atoms with Gasteiger partial charge in [-0.3, -0.25) is 4.90 Å².